The van der Waals surface area contributed by atoms with Crippen LogP contribution in [0.2, 0.25) is 0 Å². The number of hydrogen-bond acceptors (Lipinski definition) is 6. The number of aromatic nitrogens is 5. The van der Waals surface area contributed by atoms with E-state index in [1.807, 2.05) is 6.92 Å². The molecule has 1 saturated heterocycles. The fraction of sp³-hybridized carbons (Fsp3) is 0.304. The zero-order valence-corrected chi connectivity index (χ0v) is 18.3. The van der Waals surface area contributed by atoms with E-state index in [0.717, 1.165) is 31.1 Å². The standard InChI is InChI=1S/C23H22F3N7O/c1-13-9-28-7-4-18(13)33-8-5-15-16(11-29-20(15)21(33)34)19-17(23(24,25)26)12-30-22(32-19)31-14-3-2-6-27-10-14/h4-5,7-9,11-12,14,27,29H,2-3,6,10H2,1H3,(H,30,31,32)/t14-/m0/s1. The zero-order chi connectivity index (χ0) is 23.9. The molecule has 1 aliphatic heterocycles. The molecule has 0 unspecified atom stereocenters. The molecule has 3 N–H and O–H groups in total. The molecule has 5 rings (SSSR count). The van der Waals surface area contributed by atoms with E-state index in [4.69, 9.17) is 0 Å². The number of rotatable bonds is 4. The lowest BCUT2D eigenvalue weighted by Gasteiger charge is -2.24. The number of aryl methyl sites for hydroxylation is 1. The first-order chi connectivity index (χ1) is 16.3. The zero-order valence-electron chi connectivity index (χ0n) is 18.3. The van der Waals surface area contributed by atoms with E-state index in [0.29, 0.717) is 17.6 Å². The van der Waals surface area contributed by atoms with Crippen LogP contribution in [-0.4, -0.2) is 43.6 Å². The average Bonchev–Trinajstić information content (AvgIpc) is 3.25. The van der Waals surface area contributed by atoms with Gasteiger partial charge in [-0.1, -0.05) is 0 Å². The second-order valence-electron chi connectivity index (χ2n) is 8.29. The summed E-state index contributed by atoms with van der Waals surface area (Å²) >= 11 is 0. The number of alkyl halides is 3. The topological polar surface area (TPSA) is 101 Å². The van der Waals surface area contributed by atoms with Crippen LogP contribution in [0.3, 0.4) is 0 Å². The molecule has 34 heavy (non-hydrogen) atoms. The van der Waals surface area contributed by atoms with Gasteiger partial charge in [-0.2, -0.15) is 13.2 Å². The first kappa shape index (κ1) is 22.1. The van der Waals surface area contributed by atoms with Crippen molar-refractivity contribution in [3.05, 3.63) is 64.6 Å². The molecule has 0 aromatic carbocycles. The average molecular weight is 469 g/mol. The van der Waals surface area contributed by atoms with Gasteiger partial charge in [-0.3, -0.25) is 14.3 Å². The largest absolute Gasteiger partial charge is 0.419 e. The number of H-pyrrole nitrogens is 1. The van der Waals surface area contributed by atoms with Gasteiger partial charge in [0.05, 0.1) is 11.4 Å². The van der Waals surface area contributed by atoms with Crippen molar-refractivity contribution < 1.29 is 13.2 Å². The van der Waals surface area contributed by atoms with E-state index >= 15 is 0 Å². The second kappa shape index (κ2) is 8.56. The summed E-state index contributed by atoms with van der Waals surface area (Å²) in [5.74, 6) is 0.117. The predicted octanol–water partition coefficient (Wildman–Crippen LogP) is 3.66. The van der Waals surface area contributed by atoms with Gasteiger partial charge in [0.25, 0.3) is 5.56 Å². The van der Waals surface area contributed by atoms with Crippen LogP contribution in [0.5, 0.6) is 0 Å². The smallest absolute Gasteiger partial charge is 0.356 e. The van der Waals surface area contributed by atoms with E-state index in [2.05, 4.69) is 30.6 Å². The molecule has 176 valence electrons. The Labute approximate surface area is 192 Å². The second-order valence-corrected chi connectivity index (χ2v) is 8.29. The van der Waals surface area contributed by atoms with Crippen molar-refractivity contribution in [2.45, 2.75) is 32.0 Å². The van der Waals surface area contributed by atoms with E-state index < -0.39 is 11.7 Å². The molecule has 1 atom stereocenters. The summed E-state index contributed by atoms with van der Waals surface area (Å²) in [5.41, 5.74) is 0.179. The van der Waals surface area contributed by atoms with E-state index in [1.165, 1.54) is 10.8 Å². The predicted molar refractivity (Wildman–Crippen MR) is 122 cm³/mol. The monoisotopic (exact) mass is 469 g/mol. The minimum Gasteiger partial charge on any atom is -0.356 e. The summed E-state index contributed by atoms with van der Waals surface area (Å²) in [6.07, 6.45) is 4.11. The Morgan fingerprint density at radius 3 is 2.82 bits per heavy atom. The molecule has 1 aliphatic rings. The lowest BCUT2D eigenvalue weighted by molar-refractivity contribution is -0.137. The number of halogens is 3. The Morgan fingerprint density at radius 1 is 1.24 bits per heavy atom. The lowest BCUT2D eigenvalue weighted by atomic mass is 10.1. The molecular weight excluding hydrogens is 447 g/mol. The minimum absolute atomic E-state index is 0.0251. The number of hydrogen-bond donors (Lipinski definition) is 3. The Kier molecular flexibility index (Phi) is 5.56. The summed E-state index contributed by atoms with van der Waals surface area (Å²) in [4.78, 5) is 28.2. The van der Waals surface area contributed by atoms with Gasteiger partial charge in [0.15, 0.2) is 0 Å². The summed E-state index contributed by atoms with van der Waals surface area (Å²) in [6, 6.07) is 3.34. The Hall–Kier alpha value is -3.73. The molecule has 0 bridgehead atoms. The molecule has 0 aliphatic carbocycles. The van der Waals surface area contributed by atoms with Gasteiger partial charge < -0.3 is 15.6 Å². The normalized spacial score (nSPS) is 16.6. The summed E-state index contributed by atoms with van der Waals surface area (Å²) in [6.45, 7) is 3.41. The molecule has 4 aromatic rings. The molecule has 0 saturated carbocycles. The van der Waals surface area contributed by atoms with Gasteiger partial charge in [0.1, 0.15) is 11.1 Å². The number of piperidine rings is 1. The maximum absolute atomic E-state index is 13.8. The van der Waals surface area contributed by atoms with Gasteiger partial charge in [-0.25, -0.2) is 9.97 Å². The molecule has 8 nitrogen and oxygen atoms in total. The maximum atomic E-state index is 13.8. The molecule has 0 spiro atoms. The van der Waals surface area contributed by atoms with E-state index in [9.17, 15) is 18.0 Å². The van der Waals surface area contributed by atoms with Crippen LogP contribution in [0.15, 0.2) is 47.9 Å². The van der Waals surface area contributed by atoms with Crippen molar-refractivity contribution in [2.24, 2.45) is 0 Å². The SMILES string of the molecule is Cc1cnccc1-n1ccc2c(-c3nc(N[C@H]4CCCNC4)ncc3C(F)(F)F)c[nH]c2c1=O. The lowest BCUT2D eigenvalue weighted by Crippen LogP contribution is -2.38. The summed E-state index contributed by atoms with van der Waals surface area (Å²) < 4.78 is 43.0. The van der Waals surface area contributed by atoms with Gasteiger partial charge in [0.2, 0.25) is 5.95 Å². The fourth-order valence-corrected chi connectivity index (χ4v) is 4.27. The van der Waals surface area contributed by atoms with E-state index in [-0.39, 0.29) is 34.3 Å². The molecule has 0 amide bonds. The molecular formula is C23H22F3N7O. The van der Waals surface area contributed by atoms with E-state index in [1.54, 1.807) is 30.7 Å². The van der Waals surface area contributed by atoms with Crippen molar-refractivity contribution in [3.63, 3.8) is 0 Å². The third-order valence-corrected chi connectivity index (χ3v) is 5.97. The number of nitrogens with one attached hydrogen (secondary N) is 3. The molecule has 11 heteroatoms. The van der Waals surface area contributed by atoms with Crippen LogP contribution in [0.25, 0.3) is 27.8 Å². The quantitative estimate of drug-likeness (QED) is 0.422. The van der Waals surface area contributed by atoms with Crippen LogP contribution >= 0.6 is 0 Å². The van der Waals surface area contributed by atoms with Crippen molar-refractivity contribution in [1.29, 1.82) is 0 Å². The Balaban J connectivity index is 1.62. The third kappa shape index (κ3) is 4.03. The molecule has 5 heterocycles. The van der Waals surface area contributed by atoms with Crippen molar-refractivity contribution >= 4 is 16.9 Å². The molecule has 4 aromatic heterocycles. The van der Waals surface area contributed by atoms with Crippen LogP contribution in [0.1, 0.15) is 24.0 Å². The number of nitrogens with zero attached hydrogens (tertiary/aromatic N) is 4. The Bertz CT molecular complexity index is 1400. The van der Waals surface area contributed by atoms with Crippen LogP contribution in [-0.2, 0) is 6.18 Å². The van der Waals surface area contributed by atoms with Crippen molar-refractivity contribution in [1.82, 2.24) is 29.8 Å². The Morgan fingerprint density at radius 2 is 2.09 bits per heavy atom. The highest BCUT2D eigenvalue weighted by atomic mass is 19.4. The van der Waals surface area contributed by atoms with Crippen LogP contribution < -0.4 is 16.2 Å². The third-order valence-electron chi connectivity index (χ3n) is 5.97. The highest BCUT2D eigenvalue weighted by Crippen LogP contribution is 2.38. The van der Waals surface area contributed by atoms with Gasteiger partial charge in [-0.15, -0.1) is 0 Å². The number of pyridine rings is 2. The van der Waals surface area contributed by atoms with Crippen molar-refractivity contribution in [2.75, 3.05) is 18.4 Å². The first-order valence-corrected chi connectivity index (χ1v) is 10.9. The van der Waals surface area contributed by atoms with Gasteiger partial charge in [-0.05, 0) is 44.0 Å². The fourth-order valence-electron chi connectivity index (χ4n) is 4.27. The minimum atomic E-state index is -4.66. The van der Waals surface area contributed by atoms with Gasteiger partial charge >= 0.3 is 6.18 Å². The maximum Gasteiger partial charge on any atom is 0.419 e. The highest BCUT2D eigenvalue weighted by molar-refractivity contribution is 5.95. The first-order valence-electron chi connectivity index (χ1n) is 10.9. The number of fused-ring (bicyclic) bond motifs is 1. The van der Waals surface area contributed by atoms with Crippen LogP contribution in [0, 0.1) is 6.92 Å². The van der Waals surface area contributed by atoms with Crippen molar-refractivity contribution in [3.8, 4) is 16.9 Å². The highest BCUT2D eigenvalue weighted by Gasteiger charge is 2.36. The number of anilines is 1. The summed E-state index contributed by atoms with van der Waals surface area (Å²) in [7, 11) is 0. The number of aromatic amines is 1. The van der Waals surface area contributed by atoms with Gasteiger partial charge in [0, 0.05) is 54.5 Å². The van der Waals surface area contributed by atoms with Crippen LogP contribution in [0.4, 0.5) is 19.1 Å². The molecule has 1 fully saturated rings. The summed E-state index contributed by atoms with van der Waals surface area (Å²) in [5, 5.41) is 6.72. The molecule has 0 radical (unpaired) electrons.